The first-order chi connectivity index (χ1) is 17.9. The molecule has 3 aromatic rings. The lowest BCUT2D eigenvalue weighted by Gasteiger charge is -2.25. The van der Waals surface area contributed by atoms with E-state index < -0.39 is 5.97 Å². The molecule has 0 N–H and O–H groups in total. The lowest BCUT2D eigenvalue weighted by Crippen LogP contribution is -2.30. The van der Waals surface area contributed by atoms with Crippen LogP contribution < -0.4 is 14.4 Å². The summed E-state index contributed by atoms with van der Waals surface area (Å²) in [6.45, 7) is 1.94. The van der Waals surface area contributed by atoms with E-state index in [0.29, 0.717) is 34.2 Å². The molecule has 7 nitrogen and oxygen atoms in total. The van der Waals surface area contributed by atoms with E-state index in [1.807, 2.05) is 6.07 Å². The number of fused-ring (bicyclic) bond motifs is 1. The zero-order valence-electron chi connectivity index (χ0n) is 20.5. The third kappa shape index (κ3) is 5.16. The van der Waals surface area contributed by atoms with Crippen molar-refractivity contribution in [2.75, 3.05) is 11.5 Å². The van der Waals surface area contributed by atoms with Gasteiger partial charge in [0.25, 0.3) is 0 Å². The topological polar surface area (TPSA) is 90.0 Å². The second-order valence-corrected chi connectivity index (χ2v) is 9.63. The molecule has 7 heteroatoms. The number of amides is 2. The van der Waals surface area contributed by atoms with Gasteiger partial charge in [0.1, 0.15) is 11.5 Å². The van der Waals surface area contributed by atoms with Gasteiger partial charge in [-0.1, -0.05) is 25.1 Å². The number of ketones is 1. The molecule has 2 fully saturated rings. The normalized spacial score (nSPS) is 20.9. The van der Waals surface area contributed by atoms with Gasteiger partial charge in [0.2, 0.25) is 11.8 Å². The Bertz CT molecular complexity index is 1320. The molecule has 0 unspecified atom stereocenters. The lowest BCUT2D eigenvalue weighted by atomic mass is 9.76. The summed E-state index contributed by atoms with van der Waals surface area (Å²) in [7, 11) is 0. The smallest absolute Gasteiger partial charge is 0.343 e. The summed E-state index contributed by atoms with van der Waals surface area (Å²) >= 11 is 0. The molecule has 1 aliphatic heterocycles. The summed E-state index contributed by atoms with van der Waals surface area (Å²) in [6.07, 6.45) is 2.48. The number of esters is 1. The minimum Gasteiger partial charge on any atom is -0.485 e. The van der Waals surface area contributed by atoms with Crippen molar-refractivity contribution in [3.05, 3.63) is 90.0 Å². The van der Waals surface area contributed by atoms with Gasteiger partial charge < -0.3 is 9.47 Å². The van der Waals surface area contributed by atoms with E-state index in [0.717, 1.165) is 19.3 Å². The van der Waals surface area contributed by atoms with Crippen LogP contribution in [0.3, 0.4) is 0 Å². The van der Waals surface area contributed by atoms with Gasteiger partial charge in [-0.15, -0.1) is 0 Å². The molecule has 1 saturated heterocycles. The molecule has 37 heavy (non-hydrogen) atoms. The van der Waals surface area contributed by atoms with Crippen molar-refractivity contribution in [3.63, 3.8) is 0 Å². The van der Waals surface area contributed by atoms with E-state index in [2.05, 4.69) is 6.92 Å². The maximum absolute atomic E-state index is 12.9. The van der Waals surface area contributed by atoms with Gasteiger partial charge in [0.15, 0.2) is 12.4 Å². The van der Waals surface area contributed by atoms with Crippen molar-refractivity contribution in [1.29, 1.82) is 0 Å². The van der Waals surface area contributed by atoms with Crippen LogP contribution >= 0.6 is 0 Å². The Kier molecular flexibility index (Phi) is 6.86. The van der Waals surface area contributed by atoms with Crippen molar-refractivity contribution in [1.82, 2.24) is 0 Å². The van der Waals surface area contributed by atoms with E-state index in [-0.39, 0.29) is 36.0 Å². The van der Waals surface area contributed by atoms with E-state index in [1.165, 1.54) is 4.90 Å². The number of nitrogens with zero attached hydrogens (tertiary/aromatic N) is 1. The maximum atomic E-state index is 12.9. The number of imide groups is 1. The van der Waals surface area contributed by atoms with Crippen LogP contribution in [0.4, 0.5) is 5.69 Å². The molecular weight excluding hydrogens is 470 g/mol. The second-order valence-electron chi connectivity index (χ2n) is 9.63. The highest BCUT2D eigenvalue weighted by Crippen LogP contribution is 2.42. The van der Waals surface area contributed by atoms with Crippen LogP contribution in [-0.4, -0.2) is 30.2 Å². The first-order valence-corrected chi connectivity index (χ1v) is 12.4. The van der Waals surface area contributed by atoms with Crippen LogP contribution in [0.2, 0.25) is 0 Å². The van der Waals surface area contributed by atoms with Crippen LogP contribution in [0.25, 0.3) is 0 Å². The van der Waals surface area contributed by atoms with E-state index in [1.54, 1.807) is 72.8 Å². The minimum atomic E-state index is -0.475. The number of carbonyl (C=O) groups excluding carboxylic acids is 4. The number of carbonyl (C=O) groups is 4. The Labute approximate surface area is 215 Å². The average molecular weight is 498 g/mol. The van der Waals surface area contributed by atoms with E-state index in [9.17, 15) is 19.2 Å². The predicted octanol–water partition coefficient (Wildman–Crippen LogP) is 5.09. The largest absolute Gasteiger partial charge is 0.485 e. The quantitative estimate of drug-likeness (QED) is 0.195. The van der Waals surface area contributed by atoms with Gasteiger partial charge in [-0.05, 0) is 85.8 Å². The summed E-state index contributed by atoms with van der Waals surface area (Å²) in [5.74, 6) is -0.162. The molecule has 188 valence electrons. The monoisotopic (exact) mass is 497 g/mol. The highest BCUT2D eigenvalue weighted by Gasteiger charge is 2.49. The van der Waals surface area contributed by atoms with Crippen molar-refractivity contribution in [2.24, 2.45) is 17.8 Å². The molecule has 0 radical (unpaired) electrons. The molecule has 0 spiro atoms. The molecule has 0 aromatic heterocycles. The Morgan fingerprint density at radius 1 is 0.784 bits per heavy atom. The van der Waals surface area contributed by atoms with Crippen LogP contribution in [0.15, 0.2) is 78.9 Å². The number of hydrogen-bond acceptors (Lipinski definition) is 6. The molecule has 0 bridgehead atoms. The summed E-state index contributed by atoms with van der Waals surface area (Å²) < 4.78 is 11.0. The standard InChI is InChI=1S/C30H27NO6/c1-19-7-16-25-26(17-19)29(34)31(28(25)33)22-10-14-23(15-11-22)36-18-27(32)20-8-12-24(13-9-20)37-30(35)21-5-3-2-4-6-21/h2-6,8-15,19,25-26H,7,16-18H2,1H3/t19-,25+,26+/m1/s1. The molecule has 2 aliphatic rings. The first-order valence-electron chi connectivity index (χ1n) is 12.4. The van der Waals surface area contributed by atoms with E-state index >= 15 is 0 Å². The number of hydrogen-bond donors (Lipinski definition) is 0. The summed E-state index contributed by atoms with van der Waals surface area (Å²) in [6, 6.07) is 21.6. The Morgan fingerprint density at radius 3 is 2.14 bits per heavy atom. The van der Waals surface area contributed by atoms with Gasteiger partial charge in [0.05, 0.1) is 23.1 Å². The molecule has 2 amide bonds. The number of Topliss-reactive ketones (excluding diaryl/α,β-unsaturated/α-hetero) is 1. The van der Waals surface area contributed by atoms with Crippen molar-refractivity contribution >= 4 is 29.3 Å². The van der Waals surface area contributed by atoms with Crippen molar-refractivity contribution in [3.8, 4) is 11.5 Å². The fourth-order valence-corrected chi connectivity index (χ4v) is 5.02. The van der Waals surface area contributed by atoms with Gasteiger partial charge in [0, 0.05) is 5.56 Å². The molecule has 5 rings (SSSR count). The molecular formula is C30H27NO6. The predicted molar refractivity (Wildman–Crippen MR) is 137 cm³/mol. The fraction of sp³-hybridized carbons (Fsp3) is 0.267. The number of anilines is 1. The van der Waals surface area contributed by atoms with Gasteiger partial charge in [-0.3, -0.25) is 19.3 Å². The minimum absolute atomic E-state index is 0.122. The van der Waals surface area contributed by atoms with Crippen LogP contribution in [0.5, 0.6) is 11.5 Å². The highest BCUT2D eigenvalue weighted by atomic mass is 16.5. The van der Waals surface area contributed by atoms with E-state index in [4.69, 9.17) is 9.47 Å². The molecule has 1 heterocycles. The second kappa shape index (κ2) is 10.4. The Balaban J connectivity index is 1.16. The van der Waals surface area contributed by atoms with Crippen LogP contribution in [-0.2, 0) is 9.59 Å². The highest BCUT2D eigenvalue weighted by molar-refractivity contribution is 6.22. The zero-order chi connectivity index (χ0) is 25.9. The molecule has 3 aromatic carbocycles. The zero-order valence-corrected chi connectivity index (χ0v) is 20.5. The third-order valence-electron chi connectivity index (χ3n) is 7.05. The summed E-state index contributed by atoms with van der Waals surface area (Å²) in [5, 5.41) is 0. The summed E-state index contributed by atoms with van der Waals surface area (Å²) in [4.78, 5) is 51.8. The number of ether oxygens (including phenoxy) is 2. The van der Waals surface area contributed by atoms with Gasteiger partial charge in [-0.25, -0.2) is 4.79 Å². The molecule has 3 atom stereocenters. The Hall–Kier alpha value is -4.26. The first kappa shape index (κ1) is 24.4. The number of rotatable bonds is 7. The van der Waals surface area contributed by atoms with Crippen LogP contribution in [0.1, 0.15) is 46.9 Å². The molecule has 1 aliphatic carbocycles. The average Bonchev–Trinajstić information content (AvgIpc) is 3.17. The number of benzene rings is 3. The maximum Gasteiger partial charge on any atom is 0.343 e. The molecule has 1 saturated carbocycles. The van der Waals surface area contributed by atoms with Crippen molar-refractivity contribution < 1.29 is 28.7 Å². The third-order valence-corrected chi connectivity index (χ3v) is 7.05. The summed E-state index contributed by atoms with van der Waals surface area (Å²) in [5.41, 5.74) is 1.38. The SMILES string of the molecule is C[C@@H]1CC[C@@H]2C(=O)N(c3ccc(OCC(=O)c4ccc(OC(=O)c5ccccc5)cc4)cc3)C(=O)[C@H]2C1. The van der Waals surface area contributed by atoms with Crippen LogP contribution in [0, 0.1) is 17.8 Å². The lowest BCUT2D eigenvalue weighted by molar-refractivity contribution is -0.122. The fourth-order valence-electron chi connectivity index (χ4n) is 5.02. The van der Waals surface area contributed by atoms with Gasteiger partial charge >= 0.3 is 5.97 Å². The van der Waals surface area contributed by atoms with Gasteiger partial charge in [-0.2, -0.15) is 0 Å². The Morgan fingerprint density at radius 2 is 1.43 bits per heavy atom. The van der Waals surface area contributed by atoms with Crippen molar-refractivity contribution in [2.45, 2.75) is 26.2 Å².